The largest absolute Gasteiger partial charge is 0.352 e. The van der Waals surface area contributed by atoms with E-state index in [0.29, 0.717) is 10.6 Å². The van der Waals surface area contributed by atoms with Gasteiger partial charge in [0.15, 0.2) is 0 Å². The first kappa shape index (κ1) is 12.4. The third-order valence-electron chi connectivity index (χ3n) is 3.30. The molecule has 3 nitrogen and oxygen atoms in total. The molecule has 1 aliphatic rings. The molecule has 2 rings (SSSR count). The molecule has 1 fully saturated rings. The van der Waals surface area contributed by atoms with E-state index >= 15 is 0 Å². The van der Waals surface area contributed by atoms with Crippen molar-refractivity contribution in [1.82, 2.24) is 10.3 Å². The maximum atomic E-state index is 11.8. The van der Waals surface area contributed by atoms with Gasteiger partial charge in [0, 0.05) is 18.4 Å². The average Bonchev–Trinajstić information content (AvgIpc) is 2.21. The summed E-state index contributed by atoms with van der Waals surface area (Å²) in [6.07, 6.45) is 6.57. The van der Waals surface area contributed by atoms with Crippen LogP contribution in [0.2, 0.25) is 5.02 Å². The molecule has 4 heteroatoms. The second-order valence-electron chi connectivity index (χ2n) is 4.65. The standard InChI is InChI=1S/C13H17ClN2O/c1-9-7-12(14)11(8-16-9)13(17)15-6-5-10-3-2-4-10/h7-8,10H,2-6H2,1H3,(H,15,17). The van der Waals surface area contributed by atoms with Gasteiger partial charge in [-0.2, -0.15) is 0 Å². The van der Waals surface area contributed by atoms with Crippen molar-refractivity contribution < 1.29 is 4.79 Å². The minimum absolute atomic E-state index is 0.123. The Labute approximate surface area is 107 Å². The first-order chi connectivity index (χ1) is 8.16. The Bertz CT molecular complexity index is 416. The first-order valence-electron chi connectivity index (χ1n) is 6.07. The average molecular weight is 253 g/mol. The molecule has 0 bridgehead atoms. The molecule has 0 spiro atoms. The summed E-state index contributed by atoms with van der Waals surface area (Å²) in [5.41, 5.74) is 1.28. The molecule has 1 heterocycles. The van der Waals surface area contributed by atoms with Gasteiger partial charge in [-0.25, -0.2) is 0 Å². The zero-order valence-corrected chi connectivity index (χ0v) is 10.8. The van der Waals surface area contributed by atoms with E-state index in [1.165, 1.54) is 25.5 Å². The molecule has 0 aliphatic heterocycles. The summed E-state index contributed by atoms with van der Waals surface area (Å²) in [4.78, 5) is 15.9. The van der Waals surface area contributed by atoms with E-state index in [1.54, 1.807) is 6.07 Å². The lowest BCUT2D eigenvalue weighted by atomic mass is 9.83. The lowest BCUT2D eigenvalue weighted by Gasteiger charge is -2.25. The maximum Gasteiger partial charge on any atom is 0.254 e. The number of nitrogens with zero attached hydrogens (tertiary/aromatic N) is 1. The topological polar surface area (TPSA) is 42.0 Å². The summed E-state index contributed by atoms with van der Waals surface area (Å²) in [5.74, 6) is 0.684. The van der Waals surface area contributed by atoms with Crippen molar-refractivity contribution in [2.24, 2.45) is 5.92 Å². The van der Waals surface area contributed by atoms with E-state index < -0.39 is 0 Å². The predicted molar refractivity (Wildman–Crippen MR) is 68.3 cm³/mol. The number of aryl methyl sites for hydroxylation is 1. The van der Waals surface area contributed by atoms with E-state index in [0.717, 1.165) is 24.6 Å². The Kier molecular flexibility index (Phi) is 4.00. The van der Waals surface area contributed by atoms with E-state index in [4.69, 9.17) is 11.6 Å². The summed E-state index contributed by atoms with van der Waals surface area (Å²) in [6.45, 7) is 2.58. The van der Waals surface area contributed by atoms with E-state index in [2.05, 4.69) is 10.3 Å². The molecule has 1 aromatic heterocycles. The second-order valence-corrected chi connectivity index (χ2v) is 5.05. The van der Waals surface area contributed by atoms with E-state index in [-0.39, 0.29) is 5.91 Å². The number of hydrogen-bond acceptors (Lipinski definition) is 2. The van der Waals surface area contributed by atoms with Crippen LogP contribution in [-0.2, 0) is 0 Å². The summed E-state index contributed by atoms with van der Waals surface area (Å²) < 4.78 is 0. The van der Waals surface area contributed by atoms with Crippen LogP contribution in [0, 0.1) is 12.8 Å². The molecular weight excluding hydrogens is 236 g/mol. The third kappa shape index (κ3) is 3.19. The minimum atomic E-state index is -0.123. The normalized spacial score (nSPS) is 15.4. The molecule has 1 saturated carbocycles. The van der Waals surface area contributed by atoms with Gasteiger partial charge in [0.1, 0.15) is 0 Å². The smallest absolute Gasteiger partial charge is 0.254 e. The summed E-state index contributed by atoms with van der Waals surface area (Å²) >= 11 is 6.00. The quantitative estimate of drug-likeness (QED) is 0.895. The molecule has 0 aromatic carbocycles. The number of halogens is 1. The molecular formula is C13H17ClN2O. The van der Waals surface area contributed by atoms with Gasteiger partial charge in [0.25, 0.3) is 5.91 Å². The predicted octanol–water partition coefficient (Wildman–Crippen LogP) is 2.96. The first-order valence-corrected chi connectivity index (χ1v) is 6.45. The lowest BCUT2D eigenvalue weighted by Crippen LogP contribution is -2.27. The molecule has 1 amide bonds. The van der Waals surface area contributed by atoms with Crippen molar-refractivity contribution in [3.05, 3.63) is 28.5 Å². The van der Waals surface area contributed by atoms with Gasteiger partial charge in [-0.1, -0.05) is 30.9 Å². The molecule has 1 aromatic rings. The molecule has 92 valence electrons. The maximum absolute atomic E-state index is 11.8. The Balaban J connectivity index is 1.85. The van der Waals surface area contributed by atoms with Crippen molar-refractivity contribution in [2.75, 3.05) is 6.54 Å². The number of hydrogen-bond donors (Lipinski definition) is 1. The van der Waals surface area contributed by atoms with Crippen molar-refractivity contribution in [1.29, 1.82) is 0 Å². The van der Waals surface area contributed by atoms with Crippen molar-refractivity contribution >= 4 is 17.5 Å². The number of carbonyl (C=O) groups excluding carboxylic acids is 1. The summed E-state index contributed by atoms with van der Waals surface area (Å²) in [7, 11) is 0. The Morgan fingerprint density at radius 2 is 2.35 bits per heavy atom. The molecule has 1 aliphatic carbocycles. The van der Waals surface area contributed by atoms with Crippen LogP contribution in [0.1, 0.15) is 41.7 Å². The van der Waals surface area contributed by atoms with Crippen LogP contribution in [0.15, 0.2) is 12.3 Å². The van der Waals surface area contributed by atoms with Crippen LogP contribution in [0.3, 0.4) is 0 Å². The molecule has 0 saturated heterocycles. The number of nitrogens with one attached hydrogen (secondary N) is 1. The fourth-order valence-corrected chi connectivity index (χ4v) is 2.25. The summed E-state index contributed by atoms with van der Waals surface area (Å²) in [5, 5.41) is 3.37. The highest BCUT2D eigenvalue weighted by atomic mass is 35.5. The lowest BCUT2D eigenvalue weighted by molar-refractivity contribution is 0.0949. The molecule has 0 radical (unpaired) electrons. The Morgan fingerprint density at radius 3 is 2.94 bits per heavy atom. The van der Waals surface area contributed by atoms with Crippen molar-refractivity contribution in [2.45, 2.75) is 32.6 Å². The Hall–Kier alpha value is -1.09. The highest BCUT2D eigenvalue weighted by Gasteiger charge is 2.17. The van der Waals surface area contributed by atoms with E-state index in [9.17, 15) is 4.79 Å². The van der Waals surface area contributed by atoms with Crippen molar-refractivity contribution in [3.8, 4) is 0 Å². The van der Waals surface area contributed by atoms with Crippen LogP contribution in [-0.4, -0.2) is 17.4 Å². The van der Waals surface area contributed by atoms with Crippen molar-refractivity contribution in [3.63, 3.8) is 0 Å². The third-order valence-corrected chi connectivity index (χ3v) is 3.61. The number of aromatic nitrogens is 1. The van der Waals surface area contributed by atoms with Gasteiger partial charge in [-0.05, 0) is 25.3 Å². The van der Waals surface area contributed by atoms with Gasteiger partial charge in [-0.15, -0.1) is 0 Å². The fraction of sp³-hybridized carbons (Fsp3) is 0.538. The van der Waals surface area contributed by atoms with Gasteiger partial charge < -0.3 is 5.32 Å². The molecule has 17 heavy (non-hydrogen) atoms. The van der Waals surface area contributed by atoms with Gasteiger partial charge in [-0.3, -0.25) is 9.78 Å². The monoisotopic (exact) mass is 252 g/mol. The van der Waals surface area contributed by atoms with Gasteiger partial charge in [0.2, 0.25) is 0 Å². The minimum Gasteiger partial charge on any atom is -0.352 e. The second kappa shape index (κ2) is 5.50. The number of pyridine rings is 1. The van der Waals surface area contributed by atoms with Crippen LogP contribution in [0.5, 0.6) is 0 Å². The van der Waals surface area contributed by atoms with E-state index in [1.807, 2.05) is 6.92 Å². The number of rotatable bonds is 4. The number of carbonyl (C=O) groups is 1. The molecule has 0 atom stereocenters. The molecule has 0 unspecified atom stereocenters. The highest BCUT2D eigenvalue weighted by molar-refractivity contribution is 6.33. The molecule has 1 N–H and O–H groups in total. The van der Waals surface area contributed by atoms with Gasteiger partial charge in [0.05, 0.1) is 10.6 Å². The zero-order chi connectivity index (χ0) is 12.3. The SMILES string of the molecule is Cc1cc(Cl)c(C(=O)NCCC2CCC2)cn1. The zero-order valence-electron chi connectivity index (χ0n) is 10.0. The van der Waals surface area contributed by atoms with Gasteiger partial charge >= 0.3 is 0 Å². The summed E-state index contributed by atoms with van der Waals surface area (Å²) in [6, 6.07) is 1.71. The number of amides is 1. The van der Waals surface area contributed by atoms with Crippen LogP contribution in [0.4, 0.5) is 0 Å². The Morgan fingerprint density at radius 1 is 1.59 bits per heavy atom. The van der Waals surface area contributed by atoms with Crippen LogP contribution < -0.4 is 5.32 Å². The van der Waals surface area contributed by atoms with Crippen LogP contribution in [0.25, 0.3) is 0 Å². The highest BCUT2D eigenvalue weighted by Crippen LogP contribution is 2.28. The van der Waals surface area contributed by atoms with Crippen LogP contribution >= 0.6 is 11.6 Å². The fourth-order valence-electron chi connectivity index (χ4n) is 1.96.